The molecule has 8 heteroatoms. The average Bonchev–Trinajstić information content (AvgIpc) is 2.80. The zero-order valence-electron chi connectivity index (χ0n) is 18.0. The molecule has 1 aromatic rings. The predicted octanol–water partition coefficient (Wildman–Crippen LogP) is 4.23. The second kappa shape index (κ2) is 9.86. The second-order valence-corrected chi connectivity index (χ2v) is 9.19. The summed E-state index contributed by atoms with van der Waals surface area (Å²) in [4.78, 5) is 21.9. The number of anilines is 1. The van der Waals surface area contributed by atoms with Gasteiger partial charge in [-0.1, -0.05) is 19.3 Å². The smallest absolute Gasteiger partial charge is 0.317 e. The summed E-state index contributed by atoms with van der Waals surface area (Å²) in [5.41, 5.74) is -0.776. The fraction of sp³-hybridized carbons (Fsp3) is 0.739. The van der Waals surface area contributed by atoms with Gasteiger partial charge in [0.1, 0.15) is 5.82 Å². The molecule has 2 aliphatic heterocycles. The number of piperidine rings is 2. The SMILES string of the molecule is O=C(C1CCCCC1)N(c1ccc(C(F)(F)F)cn1)C1CCN(C2CCNCC2)CC1. The first kappa shape index (κ1) is 22.5. The van der Waals surface area contributed by atoms with Crippen molar-refractivity contribution in [2.24, 2.45) is 5.92 Å². The number of carbonyl (C=O) groups is 1. The number of hydrogen-bond acceptors (Lipinski definition) is 4. The largest absolute Gasteiger partial charge is 0.417 e. The molecule has 172 valence electrons. The van der Waals surface area contributed by atoms with Crippen LogP contribution in [-0.4, -0.2) is 54.1 Å². The number of rotatable bonds is 4. The van der Waals surface area contributed by atoms with E-state index in [1.165, 1.54) is 6.07 Å². The van der Waals surface area contributed by atoms with Crippen LogP contribution in [0, 0.1) is 5.92 Å². The molecule has 1 saturated carbocycles. The maximum absolute atomic E-state index is 13.5. The van der Waals surface area contributed by atoms with Gasteiger partial charge in [-0.3, -0.25) is 9.69 Å². The normalized spacial score (nSPS) is 23.1. The Labute approximate surface area is 182 Å². The van der Waals surface area contributed by atoms with Crippen LogP contribution in [0.1, 0.15) is 63.4 Å². The Morgan fingerprint density at radius 3 is 2.26 bits per heavy atom. The van der Waals surface area contributed by atoms with Gasteiger partial charge >= 0.3 is 6.18 Å². The molecule has 4 rings (SSSR count). The first-order valence-electron chi connectivity index (χ1n) is 11.7. The minimum atomic E-state index is -4.43. The number of nitrogens with one attached hydrogen (secondary N) is 1. The zero-order chi connectivity index (χ0) is 21.8. The van der Waals surface area contributed by atoms with Crippen molar-refractivity contribution in [3.8, 4) is 0 Å². The highest BCUT2D eigenvalue weighted by atomic mass is 19.4. The molecular formula is C23H33F3N4O. The Bertz CT molecular complexity index is 719. The summed E-state index contributed by atoms with van der Waals surface area (Å²) < 4.78 is 39.0. The molecule has 2 saturated heterocycles. The zero-order valence-corrected chi connectivity index (χ0v) is 18.0. The summed E-state index contributed by atoms with van der Waals surface area (Å²) >= 11 is 0. The average molecular weight is 439 g/mol. The number of amides is 1. The quantitative estimate of drug-likeness (QED) is 0.764. The molecule has 0 radical (unpaired) electrons. The summed E-state index contributed by atoms with van der Waals surface area (Å²) in [6.07, 6.45) is 5.37. The number of aromatic nitrogens is 1. The van der Waals surface area contributed by atoms with Crippen molar-refractivity contribution >= 4 is 11.7 Å². The standard InChI is InChI=1S/C23H33F3N4O/c24-23(25,26)18-6-7-21(28-16-18)30(22(31)17-4-2-1-3-5-17)20-10-14-29(15-11-20)19-8-12-27-13-9-19/h6-7,16-17,19-20,27H,1-5,8-15H2. The molecule has 5 nitrogen and oxygen atoms in total. The van der Waals surface area contributed by atoms with Crippen molar-refractivity contribution in [2.75, 3.05) is 31.1 Å². The third-order valence-corrected chi connectivity index (χ3v) is 7.20. The fourth-order valence-corrected chi connectivity index (χ4v) is 5.40. The van der Waals surface area contributed by atoms with E-state index in [9.17, 15) is 18.0 Å². The lowest BCUT2D eigenvalue weighted by molar-refractivity contribution is -0.137. The van der Waals surface area contributed by atoms with Crippen molar-refractivity contribution in [2.45, 2.75) is 76.0 Å². The Balaban J connectivity index is 1.50. The molecule has 0 spiro atoms. The van der Waals surface area contributed by atoms with E-state index in [4.69, 9.17) is 0 Å². The van der Waals surface area contributed by atoms with E-state index in [1.807, 2.05) is 0 Å². The number of pyridine rings is 1. The molecule has 3 heterocycles. The van der Waals surface area contributed by atoms with Crippen LogP contribution in [0.25, 0.3) is 0 Å². The Kier molecular flexibility index (Phi) is 7.16. The lowest BCUT2D eigenvalue weighted by Crippen LogP contribution is -2.53. The van der Waals surface area contributed by atoms with Crippen molar-refractivity contribution in [3.63, 3.8) is 0 Å². The lowest BCUT2D eigenvalue weighted by atomic mass is 9.87. The summed E-state index contributed by atoms with van der Waals surface area (Å²) in [6.45, 7) is 3.94. The number of alkyl halides is 3. The molecule has 1 aliphatic carbocycles. The molecule has 1 amide bonds. The Morgan fingerprint density at radius 2 is 1.68 bits per heavy atom. The number of hydrogen-bond donors (Lipinski definition) is 1. The van der Waals surface area contributed by atoms with Crippen molar-refractivity contribution < 1.29 is 18.0 Å². The first-order valence-corrected chi connectivity index (χ1v) is 11.7. The molecule has 1 N–H and O–H groups in total. The minimum absolute atomic E-state index is 0.00312. The van der Waals surface area contributed by atoms with Gasteiger partial charge in [-0.2, -0.15) is 13.2 Å². The van der Waals surface area contributed by atoms with E-state index < -0.39 is 11.7 Å². The van der Waals surface area contributed by atoms with Gasteiger partial charge in [0.05, 0.1) is 5.56 Å². The molecule has 31 heavy (non-hydrogen) atoms. The van der Waals surface area contributed by atoms with E-state index in [0.29, 0.717) is 11.9 Å². The van der Waals surface area contributed by atoms with Gasteiger partial charge in [-0.25, -0.2) is 4.98 Å². The van der Waals surface area contributed by atoms with Gasteiger partial charge in [-0.05, 0) is 63.7 Å². The molecule has 0 atom stereocenters. The summed E-state index contributed by atoms with van der Waals surface area (Å²) in [5, 5.41) is 3.40. The number of halogens is 3. The Hall–Kier alpha value is -1.67. The maximum atomic E-state index is 13.5. The van der Waals surface area contributed by atoms with Gasteiger partial charge < -0.3 is 10.2 Å². The predicted molar refractivity (Wildman–Crippen MR) is 114 cm³/mol. The number of nitrogens with zero attached hydrogens (tertiary/aromatic N) is 3. The van der Waals surface area contributed by atoms with Gasteiger partial charge in [0, 0.05) is 37.3 Å². The van der Waals surface area contributed by atoms with Crippen molar-refractivity contribution in [3.05, 3.63) is 23.9 Å². The highest BCUT2D eigenvalue weighted by molar-refractivity contribution is 5.94. The van der Waals surface area contributed by atoms with E-state index in [2.05, 4.69) is 15.2 Å². The lowest BCUT2D eigenvalue weighted by Gasteiger charge is -2.43. The molecule has 0 bridgehead atoms. The topological polar surface area (TPSA) is 48.5 Å². The minimum Gasteiger partial charge on any atom is -0.317 e. The van der Waals surface area contributed by atoms with Crippen LogP contribution in [0.15, 0.2) is 18.3 Å². The maximum Gasteiger partial charge on any atom is 0.417 e. The van der Waals surface area contributed by atoms with Crippen LogP contribution in [0.2, 0.25) is 0 Å². The van der Waals surface area contributed by atoms with Crippen LogP contribution in [-0.2, 0) is 11.0 Å². The van der Waals surface area contributed by atoms with Gasteiger partial charge in [0.15, 0.2) is 0 Å². The number of carbonyl (C=O) groups excluding carboxylic acids is 1. The Morgan fingerprint density at radius 1 is 1.00 bits per heavy atom. The second-order valence-electron chi connectivity index (χ2n) is 9.19. The highest BCUT2D eigenvalue weighted by Gasteiger charge is 2.36. The summed E-state index contributed by atoms with van der Waals surface area (Å²) in [5.74, 6) is 0.372. The third-order valence-electron chi connectivity index (χ3n) is 7.20. The van der Waals surface area contributed by atoms with E-state index in [-0.39, 0.29) is 17.9 Å². The van der Waals surface area contributed by atoms with Crippen LogP contribution in [0.5, 0.6) is 0 Å². The molecule has 0 aromatic carbocycles. The monoisotopic (exact) mass is 438 g/mol. The van der Waals surface area contributed by atoms with Gasteiger partial charge in [-0.15, -0.1) is 0 Å². The molecule has 3 fully saturated rings. The van der Waals surface area contributed by atoms with Crippen molar-refractivity contribution in [1.82, 2.24) is 15.2 Å². The highest BCUT2D eigenvalue weighted by Crippen LogP contribution is 2.33. The summed E-state index contributed by atoms with van der Waals surface area (Å²) in [7, 11) is 0. The molecule has 1 aromatic heterocycles. The molecular weight excluding hydrogens is 405 g/mol. The van der Waals surface area contributed by atoms with Crippen LogP contribution >= 0.6 is 0 Å². The van der Waals surface area contributed by atoms with E-state index in [1.54, 1.807) is 4.90 Å². The molecule has 3 aliphatic rings. The van der Waals surface area contributed by atoms with Crippen LogP contribution in [0.4, 0.5) is 19.0 Å². The van der Waals surface area contributed by atoms with Crippen molar-refractivity contribution in [1.29, 1.82) is 0 Å². The van der Waals surface area contributed by atoms with Gasteiger partial charge in [0.2, 0.25) is 5.91 Å². The van der Waals surface area contributed by atoms with Crippen LogP contribution < -0.4 is 10.2 Å². The first-order chi connectivity index (χ1) is 14.9. The number of likely N-dealkylation sites (tertiary alicyclic amines) is 1. The summed E-state index contributed by atoms with van der Waals surface area (Å²) in [6, 6.07) is 3.02. The third kappa shape index (κ3) is 5.40. The van der Waals surface area contributed by atoms with E-state index >= 15 is 0 Å². The van der Waals surface area contributed by atoms with Gasteiger partial charge in [0.25, 0.3) is 0 Å². The van der Waals surface area contributed by atoms with Crippen LogP contribution in [0.3, 0.4) is 0 Å². The fourth-order valence-electron chi connectivity index (χ4n) is 5.40. The molecule has 0 unspecified atom stereocenters. The van der Waals surface area contributed by atoms with E-state index in [0.717, 1.165) is 96.2 Å².